The first kappa shape index (κ1) is 17.3. The molecule has 0 heterocycles. The number of benzene rings is 2. The molecule has 0 fully saturated rings. The third-order valence-electron chi connectivity index (χ3n) is 4.60. The van der Waals surface area contributed by atoms with Crippen molar-refractivity contribution in [3.8, 4) is 0 Å². The van der Waals surface area contributed by atoms with Crippen LogP contribution < -0.4 is 5.32 Å². The van der Waals surface area contributed by atoms with Gasteiger partial charge in [0.2, 0.25) is 0 Å². The molecule has 0 aromatic heterocycles. The van der Waals surface area contributed by atoms with Crippen LogP contribution in [0.2, 0.25) is 0 Å². The van der Waals surface area contributed by atoms with E-state index in [0.717, 1.165) is 23.1 Å². The highest BCUT2D eigenvalue weighted by molar-refractivity contribution is 5.96. The van der Waals surface area contributed by atoms with Gasteiger partial charge in [-0.1, -0.05) is 36.8 Å². The molecule has 2 rings (SSSR count). The number of nitrogens with one attached hydrogen (secondary N) is 1. The molecule has 122 valence electrons. The smallest absolute Gasteiger partial charge is 0.252 e. The minimum Gasteiger partial charge on any atom is -0.345 e. The predicted molar refractivity (Wildman–Crippen MR) is 97.1 cm³/mol. The second-order valence-corrected chi connectivity index (χ2v) is 6.55. The number of aryl methyl sites for hydroxylation is 5. The molecule has 23 heavy (non-hydrogen) atoms. The zero-order chi connectivity index (χ0) is 17.1. The molecule has 0 bridgehead atoms. The summed E-state index contributed by atoms with van der Waals surface area (Å²) in [5.41, 5.74) is 7.86. The van der Waals surface area contributed by atoms with Gasteiger partial charge in [-0.3, -0.25) is 4.79 Å². The molecule has 2 aromatic rings. The fourth-order valence-electron chi connectivity index (χ4n) is 3.06. The molecule has 1 unspecified atom stereocenters. The standard InChI is InChI=1S/C21H27NO/c1-7-20(18-9-8-13(2)10-16(18)5)22-21(23)19-12-15(4)14(3)11-17(19)6/h8-12,20H,7H2,1-6H3,(H,22,23). The van der Waals surface area contributed by atoms with Crippen LogP contribution >= 0.6 is 0 Å². The number of carbonyl (C=O) groups is 1. The molecule has 0 aliphatic rings. The molecule has 2 heteroatoms. The maximum Gasteiger partial charge on any atom is 0.252 e. The quantitative estimate of drug-likeness (QED) is 0.835. The molecule has 0 radical (unpaired) electrons. The minimum atomic E-state index is 0.0115. The van der Waals surface area contributed by atoms with E-state index in [-0.39, 0.29) is 11.9 Å². The number of rotatable bonds is 4. The summed E-state index contributed by atoms with van der Waals surface area (Å²) in [6, 6.07) is 10.5. The van der Waals surface area contributed by atoms with Crippen LogP contribution in [0.3, 0.4) is 0 Å². The largest absolute Gasteiger partial charge is 0.345 e. The van der Waals surface area contributed by atoms with Crippen LogP contribution in [0.4, 0.5) is 0 Å². The molecule has 0 saturated heterocycles. The SMILES string of the molecule is CCC(NC(=O)c1cc(C)c(C)cc1C)c1ccc(C)cc1C. The van der Waals surface area contributed by atoms with Crippen molar-refractivity contribution in [1.82, 2.24) is 5.32 Å². The van der Waals surface area contributed by atoms with Gasteiger partial charge in [0.15, 0.2) is 0 Å². The van der Waals surface area contributed by atoms with Crippen LogP contribution in [-0.4, -0.2) is 5.91 Å². The Morgan fingerprint density at radius 2 is 1.57 bits per heavy atom. The third kappa shape index (κ3) is 3.82. The van der Waals surface area contributed by atoms with Crippen LogP contribution in [0.5, 0.6) is 0 Å². The Labute approximate surface area is 139 Å². The average molecular weight is 309 g/mol. The van der Waals surface area contributed by atoms with Crippen LogP contribution in [0.1, 0.15) is 63.1 Å². The van der Waals surface area contributed by atoms with E-state index in [9.17, 15) is 4.79 Å². The van der Waals surface area contributed by atoms with Crippen LogP contribution in [0, 0.1) is 34.6 Å². The number of amides is 1. The highest BCUT2D eigenvalue weighted by atomic mass is 16.1. The number of hydrogen-bond donors (Lipinski definition) is 1. The van der Waals surface area contributed by atoms with E-state index < -0.39 is 0 Å². The lowest BCUT2D eigenvalue weighted by Crippen LogP contribution is -2.29. The van der Waals surface area contributed by atoms with Gasteiger partial charge < -0.3 is 5.32 Å². The van der Waals surface area contributed by atoms with Crippen molar-refractivity contribution in [2.24, 2.45) is 0 Å². The van der Waals surface area contributed by atoms with E-state index >= 15 is 0 Å². The lowest BCUT2D eigenvalue weighted by molar-refractivity contribution is 0.0935. The van der Waals surface area contributed by atoms with E-state index in [1.165, 1.54) is 22.3 Å². The van der Waals surface area contributed by atoms with Gasteiger partial charge in [0.25, 0.3) is 5.91 Å². The lowest BCUT2D eigenvalue weighted by Gasteiger charge is -2.21. The molecule has 0 aliphatic carbocycles. The van der Waals surface area contributed by atoms with E-state index in [2.05, 4.69) is 57.3 Å². The maximum atomic E-state index is 12.7. The number of carbonyl (C=O) groups excluding carboxylic acids is 1. The third-order valence-corrected chi connectivity index (χ3v) is 4.60. The van der Waals surface area contributed by atoms with Gasteiger partial charge in [0.05, 0.1) is 6.04 Å². The highest BCUT2D eigenvalue weighted by Gasteiger charge is 2.17. The van der Waals surface area contributed by atoms with Gasteiger partial charge in [-0.05, 0) is 74.9 Å². The van der Waals surface area contributed by atoms with E-state index in [1.807, 2.05) is 19.9 Å². The van der Waals surface area contributed by atoms with Gasteiger partial charge in [0.1, 0.15) is 0 Å². The molecule has 0 saturated carbocycles. The second kappa shape index (κ2) is 6.99. The van der Waals surface area contributed by atoms with Gasteiger partial charge >= 0.3 is 0 Å². The summed E-state index contributed by atoms with van der Waals surface area (Å²) in [6.45, 7) is 12.4. The summed E-state index contributed by atoms with van der Waals surface area (Å²) in [5, 5.41) is 3.21. The molecule has 2 nitrogen and oxygen atoms in total. The van der Waals surface area contributed by atoms with Crippen molar-refractivity contribution in [3.05, 3.63) is 69.3 Å². The summed E-state index contributed by atoms with van der Waals surface area (Å²) in [6.07, 6.45) is 0.875. The summed E-state index contributed by atoms with van der Waals surface area (Å²) in [4.78, 5) is 12.7. The van der Waals surface area contributed by atoms with Crippen LogP contribution in [-0.2, 0) is 0 Å². The summed E-state index contributed by atoms with van der Waals surface area (Å²) < 4.78 is 0. The fraction of sp³-hybridized carbons (Fsp3) is 0.381. The molecular formula is C21H27NO. The Kier molecular flexibility index (Phi) is 5.25. The predicted octanol–water partition coefficient (Wildman–Crippen LogP) is 5.11. The molecule has 2 aromatic carbocycles. The Balaban J connectivity index is 2.28. The monoisotopic (exact) mass is 309 g/mol. The highest BCUT2D eigenvalue weighted by Crippen LogP contribution is 2.23. The zero-order valence-corrected chi connectivity index (χ0v) is 15.1. The van der Waals surface area contributed by atoms with Crippen molar-refractivity contribution in [2.45, 2.75) is 54.0 Å². The first-order valence-corrected chi connectivity index (χ1v) is 8.29. The van der Waals surface area contributed by atoms with Gasteiger partial charge in [-0.2, -0.15) is 0 Å². The van der Waals surface area contributed by atoms with Gasteiger partial charge in [0, 0.05) is 5.56 Å². The van der Waals surface area contributed by atoms with Crippen molar-refractivity contribution in [2.75, 3.05) is 0 Å². The first-order chi connectivity index (χ1) is 10.8. The van der Waals surface area contributed by atoms with E-state index in [1.54, 1.807) is 0 Å². The second-order valence-electron chi connectivity index (χ2n) is 6.55. The van der Waals surface area contributed by atoms with Gasteiger partial charge in [-0.25, -0.2) is 0 Å². The van der Waals surface area contributed by atoms with Crippen molar-refractivity contribution in [1.29, 1.82) is 0 Å². The Bertz CT molecular complexity index is 731. The fourth-order valence-corrected chi connectivity index (χ4v) is 3.06. The van der Waals surface area contributed by atoms with Crippen LogP contribution in [0.15, 0.2) is 30.3 Å². The Hall–Kier alpha value is -2.09. The first-order valence-electron chi connectivity index (χ1n) is 8.29. The van der Waals surface area contributed by atoms with Crippen molar-refractivity contribution in [3.63, 3.8) is 0 Å². The van der Waals surface area contributed by atoms with Crippen molar-refractivity contribution < 1.29 is 4.79 Å². The zero-order valence-electron chi connectivity index (χ0n) is 15.1. The Morgan fingerprint density at radius 1 is 0.913 bits per heavy atom. The van der Waals surface area contributed by atoms with E-state index in [0.29, 0.717) is 0 Å². The molecule has 0 aliphatic heterocycles. The molecule has 1 atom stereocenters. The average Bonchev–Trinajstić information content (AvgIpc) is 2.49. The summed E-state index contributed by atoms with van der Waals surface area (Å²) >= 11 is 0. The summed E-state index contributed by atoms with van der Waals surface area (Å²) in [7, 11) is 0. The Morgan fingerprint density at radius 3 is 2.17 bits per heavy atom. The molecule has 0 spiro atoms. The lowest BCUT2D eigenvalue weighted by atomic mass is 9.96. The van der Waals surface area contributed by atoms with Gasteiger partial charge in [-0.15, -0.1) is 0 Å². The number of hydrogen-bond acceptors (Lipinski definition) is 1. The van der Waals surface area contributed by atoms with Crippen molar-refractivity contribution >= 4 is 5.91 Å². The summed E-state index contributed by atoms with van der Waals surface area (Å²) in [5.74, 6) is 0.0115. The molecule has 1 amide bonds. The molecular weight excluding hydrogens is 282 g/mol. The topological polar surface area (TPSA) is 29.1 Å². The minimum absolute atomic E-state index is 0.0115. The normalized spacial score (nSPS) is 12.1. The van der Waals surface area contributed by atoms with E-state index in [4.69, 9.17) is 0 Å². The van der Waals surface area contributed by atoms with Crippen LogP contribution in [0.25, 0.3) is 0 Å². The maximum absolute atomic E-state index is 12.7. The molecule has 1 N–H and O–H groups in total.